The molecule has 0 aliphatic carbocycles. The first kappa shape index (κ1) is 18.1. The summed E-state index contributed by atoms with van der Waals surface area (Å²) in [7, 11) is 3.64. The Bertz CT molecular complexity index is 475. The van der Waals surface area contributed by atoms with Gasteiger partial charge in [-0.25, -0.2) is 0 Å². The van der Waals surface area contributed by atoms with E-state index in [-0.39, 0.29) is 11.3 Å². The Kier molecular flexibility index (Phi) is 6.79. The van der Waals surface area contributed by atoms with Crippen molar-refractivity contribution in [2.24, 2.45) is 0 Å². The number of unbranched alkanes of at least 4 members (excludes halogenated alkanes) is 1. The molecule has 1 amide bonds. The highest BCUT2D eigenvalue weighted by molar-refractivity contribution is 7.99. The van der Waals surface area contributed by atoms with E-state index in [0.717, 1.165) is 18.6 Å². The zero-order valence-electron chi connectivity index (χ0n) is 14.3. The van der Waals surface area contributed by atoms with E-state index in [4.69, 9.17) is 0 Å². The molecule has 1 rings (SSSR count). The average Bonchev–Trinajstić information content (AvgIpc) is 2.38. The van der Waals surface area contributed by atoms with Crippen LogP contribution in [0.25, 0.3) is 0 Å². The lowest BCUT2D eigenvalue weighted by Gasteiger charge is -2.20. The molecule has 0 heterocycles. The fourth-order valence-corrected chi connectivity index (χ4v) is 3.08. The molecule has 0 atom stereocenters. The molecule has 0 fully saturated rings. The highest BCUT2D eigenvalue weighted by atomic mass is 32.2. The Morgan fingerprint density at radius 1 is 1.19 bits per heavy atom. The van der Waals surface area contributed by atoms with Gasteiger partial charge in [-0.2, -0.15) is 0 Å². The molecular weight excluding hydrogens is 278 g/mol. The van der Waals surface area contributed by atoms with Crippen LogP contribution in [-0.2, 0) is 10.2 Å². The maximum Gasteiger partial charge on any atom is 0.222 e. The molecule has 0 spiro atoms. The van der Waals surface area contributed by atoms with E-state index >= 15 is 0 Å². The Morgan fingerprint density at radius 3 is 2.43 bits per heavy atom. The Labute approximate surface area is 134 Å². The predicted octanol–water partition coefficient (Wildman–Crippen LogP) is 4.64. The quantitative estimate of drug-likeness (QED) is 0.563. The molecule has 0 bridgehead atoms. The van der Waals surface area contributed by atoms with Gasteiger partial charge in [-0.05, 0) is 48.1 Å². The summed E-state index contributed by atoms with van der Waals surface area (Å²) in [5.74, 6) is 1.31. The molecule has 3 heteroatoms. The van der Waals surface area contributed by atoms with Crippen LogP contribution in [0.15, 0.2) is 23.1 Å². The van der Waals surface area contributed by atoms with Crippen LogP contribution < -0.4 is 0 Å². The van der Waals surface area contributed by atoms with Crippen molar-refractivity contribution >= 4 is 17.7 Å². The van der Waals surface area contributed by atoms with Gasteiger partial charge in [0.2, 0.25) is 5.91 Å². The van der Waals surface area contributed by atoms with E-state index in [0.29, 0.717) is 6.42 Å². The van der Waals surface area contributed by atoms with Crippen molar-refractivity contribution in [2.75, 3.05) is 19.8 Å². The highest BCUT2D eigenvalue weighted by Gasteiger charge is 2.14. The van der Waals surface area contributed by atoms with Gasteiger partial charge < -0.3 is 4.90 Å². The second kappa shape index (κ2) is 7.88. The van der Waals surface area contributed by atoms with Gasteiger partial charge in [-0.1, -0.05) is 32.9 Å². The van der Waals surface area contributed by atoms with Crippen molar-refractivity contribution in [1.29, 1.82) is 0 Å². The van der Waals surface area contributed by atoms with Gasteiger partial charge in [0.15, 0.2) is 0 Å². The molecule has 0 aromatic heterocycles. The molecule has 0 aliphatic rings. The lowest BCUT2D eigenvalue weighted by Crippen LogP contribution is -2.21. The number of hydrogen-bond acceptors (Lipinski definition) is 2. The number of aryl methyl sites for hydroxylation is 1. The van der Waals surface area contributed by atoms with Gasteiger partial charge >= 0.3 is 0 Å². The van der Waals surface area contributed by atoms with Crippen molar-refractivity contribution in [3.05, 3.63) is 29.3 Å². The van der Waals surface area contributed by atoms with E-state index < -0.39 is 0 Å². The largest absolute Gasteiger partial charge is 0.349 e. The Balaban J connectivity index is 2.47. The van der Waals surface area contributed by atoms with Gasteiger partial charge in [0, 0.05) is 25.4 Å². The standard InChI is InChI=1S/C18H29NOS/c1-14-10-11-15(18(2,3)4)13-16(14)21-12-8-7-9-17(20)19(5)6/h10-11,13H,7-9,12H2,1-6H3. The van der Waals surface area contributed by atoms with Crippen molar-refractivity contribution in [3.8, 4) is 0 Å². The first-order valence-corrected chi connectivity index (χ1v) is 8.64. The molecular formula is C18H29NOS. The van der Waals surface area contributed by atoms with E-state index in [2.05, 4.69) is 45.9 Å². The van der Waals surface area contributed by atoms with Gasteiger partial charge in [0.25, 0.3) is 0 Å². The van der Waals surface area contributed by atoms with Crippen LogP contribution >= 0.6 is 11.8 Å². The number of hydrogen-bond donors (Lipinski definition) is 0. The van der Waals surface area contributed by atoms with Crippen LogP contribution in [0.4, 0.5) is 0 Å². The Morgan fingerprint density at radius 2 is 1.86 bits per heavy atom. The zero-order chi connectivity index (χ0) is 16.0. The fraction of sp³-hybridized carbons (Fsp3) is 0.611. The number of carbonyl (C=O) groups is 1. The Hall–Kier alpha value is -0.960. The molecule has 21 heavy (non-hydrogen) atoms. The minimum absolute atomic E-state index is 0.196. The SMILES string of the molecule is Cc1ccc(C(C)(C)C)cc1SCCCCC(=O)N(C)C. The summed E-state index contributed by atoms with van der Waals surface area (Å²) in [4.78, 5) is 14.6. The summed E-state index contributed by atoms with van der Waals surface area (Å²) in [5.41, 5.74) is 2.93. The van der Waals surface area contributed by atoms with Gasteiger partial charge in [-0.3, -0.25) is 4.79 Å². The molecule has 0 unspecified atom stereocenters. The minimum Gasteiger partial charge on any atom is -0.349 e. The second-order valence-electron chi connectivity index (χ2n) is 6.82. The van der Waals surface area contributed by atoms with E-state index in [9.17, 15) is 4.79 Å². The lowest BCUT2D eigenvalue weighted by molar-refractivity contribution is -0.128. The molecule has 0 radical (unpaired) electrons. The summed E-state index contributed by atoms with van der Waals surface area (Å²) >= 11 is 1.91. The molecule has 0 N–H and O–H groups in total. The van der Waals surface area contributed by atoms with Gasteiger partial charge in [-0.15, -0.1) is 11.8 Å². The smallest absolute Gasteiger partial charge is 0.222 e. The van der Waals surface area contributed by atoms with E-state index in [1.807, 2.05) is 25.9 Å². The number of nitrogens with zero attached hydrogens (tertiary/aromatic N) is 1. The first-order chi connectivity index (χ1) is 9.71. The number of rotatable bonds is 6. The average molecular weight is 308 g/mol. The molecule has 118 valence electrons. The molecule has 1 aromatic rings. The molecule has 2 nitrogen and oxygen atoms in total. The van der Waals surface area contributed by atoms with Crippen LogP contribution in [0, 0.1) is 6.92 Å². The summed E-state index contributed by atoms with van der Waals surface area (Å²) in [6, 6.07) is 6.78. The van der Waals surface area contributed by atoms with E-state index in [1.54, 1.807) is 4.90 Å². The van der Waals surface area contributed by atoms with Crippen LogP contribution in [0.5, 0.6) is 0 Å². The summed E-state index contributed by atoms with van der Waals surface area (Å²) in [5, 5.41) is 0. The highest BCUT2D eigenvalue weighted by Crippen LogP contribution is 2.30. The normalized spacial score (nSPS) is 11.5. The topological polar surface area (TPSA) is 20.3 Å². The van der Waals surface area contributed by atoms with E-state index in [1.165, 1.54) is 16.0 Å². The van der Waals surface area contributed by atoms with Crippen LogP contribution in [0.3, 0.4) is 0 Å². The number of thioether (sulfide) groups is 1. The second-order valence-corrected chi connectivity index (χ2v) is 7.96. The van der Waals surface area contributed by atoms with Crippen LogP contribution in [0.2, 0.25) is 0 Å². The van der Waals surface area contributed by atoms with Gasteiger partial charge in [0.05, 0.1) is 0 Å². The van der Waals surface area contributed by atoms with Crippen LogP contribution in [0.1, 0.15) is 51.2 Å². The third-order valence-electron chi connectivity index (χ3n) is 3.60. The maximum absolute atomic E-state index is 11.5. The number of amides is 1. The third kappa shape index (κ3) is 6.13. The zero-order valence-corrected chi connectivity index (χ0v) is 15.1. The minimum atomic E-state index is 0.196. The molecule has 0 saturated heterocycles. The maximum atomic E-state index is 11.5. The third-order valence-corrected chi connectivity index (χ3v) is 4.84. The summed E-state index contributed by atoms with van der Waals surface area (Å²) in [6.07, 6.45) is 2.72. The lowest BCUT2D eigenvalue weighted by atomic mass is 9.87. The van der Waals surface area contributed by atoms with Gasteiger partial charge in [0.1, 0.15) is 0 Å². The summed E-state index contributed by atoms with van der Waals surface area (Å²) < 4.78 is 0. The summed E-state index contributed by atoms with van der Waals surface area (Å²) in [6.45, 7) is 8.92. The fourth-order valence-electron chi connectivity index (χ4n) is 2.01. The van der Waals surface area contributed by atoms with Crippen molar-refractivity contribution < 1.29 is 4.79 Å². The first-order valence-electron chi connectivity index (χ1n) is 7.66. The van der Waals surface area contributed by atoms with Crippen molar-refractivity contribution in [1.82, 2.24) is 4.90 Å². The molecule has 0 saturated carbocycles. The number of carbonyl (C=O) groups excluding carboxylic acids is 1. The monoisotopic (exact) mass is 307 g/mol. The van der Waals surface area contributed by atoms with Crippen molar-refractivity contribution in [2.45, 2.75) is 57.3 Å². The van der Waals surface area contributed by atoms with Crippen molar-refractivity contribution in [3.63, 3.8) is 0 Å². The predicted molar refractivity (Wildman–Crippen MR) is 93.1 cm³/mol. The molecule has 1 aromatic carbocycles. The molecule has 0 aliphatic heterocycles. The number of benzene rings is 1. The van der Waals surface area contributed by atoms with Crippen LogP contribution in [-0.4, -0.2) is 30.7 Å².